The number of hydrogen-bond acceptors (Lipinski definition) is 5. The van der Waals surface area contributed by atoms with E-state index in [9.17, 15) is 9.59 Å². The van der Waals surface area contributed by atoms with Gasteiger partial charge in [-0.1, -0.05) is 48.0 Å². The molecule has 0 bridgehead atoms. The van der Waals surface area contributed by atoms with E-state index in [0.29, 0.717) is 39.2 Å². The highest BCUT2D eigenvalue weighted by atomic mass is 35.5. The molecule has 1 N–H and O–H groups in total. The summed E-state index contributed by atoms with van der Waals surface area (Å²) in [6.07, 6.45) is 0. The van der Waals surface area contributed by atoms with E-state index in [2.05, 4.69) is 15.5 Å². The molecule has 178 valence electrons. The Kier molecular flexibility index (Phi) is 7.27. The predicted molar refractivity (Wildman–Crippen MR) is 135 cm³/mol. The third-order valence-electron chi connectivity index (χ3n) is 5.53. The highest BCUT2D eigenvalue weighted by Gasteiger charge is 2.23. The maximum absolute atomic E-state index is 13.4. The Balaban J connectivity index is 1.54. The molecule has 4 aromatic rings. The lowest BCUT2D eigenvalue weighted by Gasteiger charge is -2.25. The third-order valence-corrected chi connectivity index (χ3v) is 5.86. The molecule has 0 fully saturated rings. The molecule has 0 aliphatic carbocycles. The van der Waals surface area contributed by atoms with E-state index >= 15 is 0 Å². The van der Waals surface area contributed by atoms with Gasteiger partial charge >= 0.3 is 0 Å². The zero-order chi connectivity index (χ0) is 24.9. The fraction of sp³-hybridized carbons (Fsp3) is 0.185. The minimum atomic E-state index is -0.239. The van der Waals surface area contributed by atoms with Crippen molar-refractivity contribution in [1.82, 2.24) is 15.1 Å². The average Bonchev–Trinajstić information content (AvgIpc) is 3.32. The van der Waals surface area contributed by atoms with Crippen LogP contribution in [0, 0.1) is 6.92 Å². The maximum atomic E-state index is 13.4. The van der Waals surface area contributed by atoms with Crippen LogP contribution in [0.3, 0.4) is 0 Å². The fourth-order valence-corrected chi connectivity index (χ4v) is 3.75. The molecule has 7 nitrogen and oxygen atoms in total. The number of anilines is 1. The summed E-state index contributed by atoms with van der Waals surface area (Å²) in [6.45, 7) is 5.84. The number of carbonyl (C=O) groups is 2. The molecule has 1 heterocycles. The largest absolute Gasteiger partial charge is 0.419 e. The normalized spacial score (nSPS) is 10.9. The molecule has 4 rings (SSSR count). The number of aryl methyl sites for hydroxylation is 1. The Morgan fingerprint density at radius 1 is 0.971 bits per heavy atom. The topological polar surface area (TPSA) is 88.3 Å². The zero-order valence-electron chi connectivity index (χ0n) is 19.7. The van der Waals surface area contributed by atoms with Gasteiger partial charge in [0.25, 0.3) is 11.8 Å². The molecule has 1 aromatic heterocycles. The lowest BCUT2D eigenvalue weighted by atomic mass is 10.1. The number of benzene rings is 3. The van der Waals surface area contributed by atoms with Gasteiger partial charge in [-0.05, 0) is 62.7 Å². The molecular formula is C27H25ClN4O3. The molecule has 0 spiro atoms. The van der Waals surface area contributed by atoms with Gasteiger partial charge in [0.15, 0.2) is 0 Å². The lowest BCUT2D eigenvalue weighted by Crippen LogP contribution is -2.36. The number of rotatable bonds is 7. The molecule has 0 saturated heterocycles. The van der Waals surface area contributed by atoms with E-state index in [0.717, 1.165) is 5.56 Å². The van der Waals surface area contributed by atoms with Crippen LogP contribution in [0.15, 0.2) is 77.2 Å². The van der Waals surface area contributed by atoms with Crippen LogP contribution in [0.2, 0.25) is 5.02 Å². The van der Waals surface area contributed by atoms with Crippen molar-refractivity contribution in [2.45, 2.75) is 33.4 Å². The third kappa shape index (κ3) is 5.58. The second-order valence-corrected chi connectivity index (χ2v) is 8.76. The molecule has 35 heavy (non-hydrogen) atoms. The Morgan fingerprint density at radius 3 is 2.40 bits per heavy atom. The molecule has 2 amide bonds. The van der Waals surface area contributed by atoms with Gasteiger partial charge in [-0.25, -0.2) is 0 Å². The molecule has 0 saturated carbocycles. The first kappa shape index (κ1) is 24.2. The summed E-state index contributed by atoms with van der Waals surface area (Å²) in [7, 11) is 0. The first-order chi connectivity index (χ1) is 16.8. The van der Waals surface area contributed by atoms with Crippen molar-refractivity contribution in [2.75, 3.05) is 5.32 Å². The Hall–Kier alpha value is -3.97. The van der Waals surface area contributed by atoms with Crippen molar-refractivity contribution < 1.29 is 14.0 Å². The van der Waals surface area contributed by atoms with E-state index in [1.54, 1.807) is 53.4 Å². The van der Waals surface area contributed by atoms with Crippen LogP contribution >= 0.6 is 11.6 Å². The highest BCUT2D eigenvalue weighted by Crippen LogP contribution is 2.27. The molecule has 0 atom stereocenters. The zero-order valence-corrected chi connectivity index (χ0v) is 20.4. The monoisotopic (exact) mass is 488 g/mol. The fourth-order valence-electron chi connectivity index (χ4n) is 3.54. The second-order valence-electron chi connectivity index (χ2n) is 8.36. The van der Waals surface area contributed by atoms with Crippen molar-refractivity contribution in [3.05, 3.63) is 100 Å². The van der Waals surface area contributed by atoms with E-state index in [1.165, 1.54) is 0 Å². The Bertz CT molecular complexity index is 1350. The average molecular weight is 489 g/mol. The van der Waals surface area contributed by atoms with Crippen molar-refractivity contribution in [2.24, 2.45) is 0 Å². The smallest absolute Gasteiger partial charge is 0.255 e. The van der Waals surface area contributed by atoms with Gasteiger partial charge in [0.2, 0.25) is 11.8 Å². The SMILES string of the molecule is Cc1ccc(C(=O)N(Cc2nnc(-c3ccccc3Cl)o2)C(C)C)cc1NC(=O)c1ccccc1. The standard InChI is InChI=1S/C27H25ClN4O3/c1-17(2)32(16-24-30-31-26(35-24)21-11-7-8-12-22(21)28)27(34)20-14-13-18(3)23(15-20)29-25(33)19-9-5-4-6-10-19/h4-15,17H,16H2,1-3H3,(H,29,33). The number of nitrogens with zero attached hydrogens (tertiary/aromatic N) is 3. The number of aromatic nitrogens is 2. The van der Waals surface area contributed by atoms with Gasteiger partial charge in [-0.15, -0.1) is 10.2 Å². The van der Waals surface area contributed by atoms with E-state index in [-0.39, 0.29) is 24.4 Å². The van der Waals surface area contributed by atoms with Crippen LogP contribution in [-0.4, -0.2) is 33.0 Å². The van der Waals surface area contributed by atoms with Crippen molar-refractivity contribution >= 4 is 29.1 Å². The van der Waals surface area contributed by atoms with Crippen LogP contribution in [0.1, 0.15) is 46.0 Å². The van der Waals surface area contributed by atoms with Gasteiger partial charge in [0, 0.05) is 22.9 Å². The molecule has 8 heteroatoms. The van der Waals surface area contributed by atoms with Gasteiger partial charge < -0.3 is 14.6 Å². The molecule has 0 aliphatic heterocycles. The summed E-state index contributed by atoms with van der Waals surface area (Å²) >= 11 is 6.24. The highest BCUT2D eigenvalue weighted by molar-refractivity contribution is 6.33. The number of amides is 2. The van der Waals surface area contributed by atoms with Crippen LogP contribution in [0.4, 0.5) is 5.69 Å². The number of hydrogen-bond donors (Lipinski definition) is 1. The number of carbonyl (C=O) groups excluding carboxylic acids is 2. The lowest BCUT2D eigenvalue weighted by molar-refractivity contribution is 0.0672. The second kappa shape index (κ2) is 10.5. The van der Waals surface area contributed by atoms with Gasteiger partial charge in [0.1, 0.15) is 0 Å². The Labute approximate surface area is 208 Å². The van der Waals surface area contributed by atoms with Crippen LogP contribution < -0.4 is 5.32 Å². The van der Waals surface area contributed by atoms with Crippen LogP contribution in [0.5, 0.6) is 0 Å². The molecule has 0 aliphatic rings. The quantitative estimate of drug-likeness (QED) is 0.344. The first-order valence-corrected chi connectivity index (χ1v) is 11.6. The van der Waals surface area contributed by atoms with Gasteiger partial charge in [-0.3, -0.25) is 9.59 Å². The van der Waals surface area contributed by atoms with Gasteiger partial charge in [-0.2, -0.15) is 0 Å². The van der Waals surface area contributed by atoms with E-state index in [1.807, 2.05) is 45.0 Å². The summed E-state index contributed by atoms with van der Waals surface area (Å²) in [5.74, 6) is 0.138. The van der Waals surface area contributed by atoms with Crippen molar-refractivity contribution in [3.63, 3.8) is 0 Å². The van der Waals surface area contributed by atoms with Gasteiger partial charge in [0.05, 0.1) is 17.1 Å². The van der Waals surface area contributed by atoms with E-state index in [4.69, 9.17) is 16.0 Å². The number of halogens is 1. The summed E-state index contributed by atoms with van der Waals surface area (Å²) < 4.78 is 5.80. The predicted octanol–water partition coefficient (Wildman–Crippen LogP) is 6.00. The minimum Gasteiger partial charge on any atom is -0.419 e. The van der Waals surface area contributed by atoms with Crippen molar-refractivity contribution in [1.29, 1.82) is 0 Å². The Morgan fingerprint density at radius 2 is 1.69 bits per heavy atom. The maximum Gasteiger partial charge on any atom is 0.255 e. The molecule has 0 radical (unpaired) electrons. The van der Waals surface area contributed by atoms with Crippen LogP contribution in [-0.2, 0) is 6.54 Å². The van der Waals surface area contributed by atoms with Crippen LogP contribution in [0.25, 0.3) is 11.5 Å². The molecule has 3 aromatic carbocycles. The summed E-state index contributed by atoms with van der Waals surface area (Å²) in [6, 6.07) is 21.2. The van der Waals surface area contributed by atoms with E-state index < -0.39 is 0 Å². The summed E-state index contributed by atoms with van der Waals surface area (Å²) in [5.41, 5.74) is 3.04. The number of nitrogens with one attached hydrogen (secondary N) is 1. The van der Waals surface area contributed by atoms with Crippen molar-refractivity contribution in [3.8, 4) is 11.5 Å². The molecule has 0 unspecified atom stereocenters. The minimum absolute atomic E-state index is 0.132. The molecular weight excluding hydrogens is 464 g/mol. The summed E-state index contributed by atoms with van der Waals surface area (Å²) in [5, 5.41) is 11.6. The first-order valence-electron chi connectivity index (χ1n) is 11.2. The summed E-state index contributed by atoms with van der Waals surface area (Å²) in [4.78, 5) is 27.7.